The van der Waals surface area contributed by atoms with E-state index in [1.165, 1.54) is 0 Å². The molecule has 2 rings (SSSR count). The maximum atomic E-state index is 12.5. The summed E-state index contributed by atoms with van der Waals surface area (Å²) >= 11 is 17.1. The van der Waals surface area contributed by atoms with E-state index in [0.29, 0.717) is 20.6 Å². The lowest BCUT2D eigenvalue weighted by Crippen LogP contribution is -2.56. The van der Waals surface area contributed by atoms with Crippen molar-refractivity contribution in [3.05, 3.63) is 33.8 Å². The molecule has 1 amide bonds. The number of thiocarbonyl (C=S) groups is 1. The van der Waals surface area contributed by atoms with Crippen molar-refractivity contribution in [2.24, 2.45) is 5.73 Å². The Morgan fingerprint density at radius 1 is 1.14 bits per heavy atom. The van der Waals surface area contributed by atoms with Gasteiger partial charge in [-0.15, -0.1) is 0 Å². The zero-order valence-corrected chi connectivity index (χ0v) is 14.0. The number of carbonyl (C=O) groups excluding carboxylic acids is 1. The van der Waals surface area contributed by atoms with Crippen molar-refractivity contribution < 1.29 is 4.79 Å². The van der Waals surface area contributed by atoms with Gasteiger partial charge < -0.3 is 11.1 Å². The lowest BCUT2D eigenvalue weighted by atomic mass is 9.89. The third-order valence-electron chi connectivity index (χ3n) is 3.96. The maximum absolute atomic E-state index is 12.5. The number of carbonyl (C=O) groups is 1. The molecular weight excluding hydrogens is 327 g/mol. The third-order valence-corrected chi connectivity index (χ3v) is 5.09. The summed E-state index contributed by atoms with van der Waals surface area (Å²) in [7, 11) is 0. The summed E-state index contributed by atoms with van der Waals surface area (Å²) in [5, 5.41) is 3.81. The monoisotopic (exact) mass is 344 g/mol. The van der Waals surface area contributed by atoms with Crippen LogP contribution < -0.4 is 11.1 Å². The van der Waals surface area contributed by atoms with E-state index in [-0.39, 0.29) is 5.91 Å². The second kappa shape index (κ2) is 6.95. The van der Waals surface area contributed by atoms with Crippen LogP contribution in [0.3, 0.4) is 0 Å². The van der Waals surface area contributed by atoms with E-state index in [1.807, 2.05) is 0 Å². The zero-order chi connectivity index (χ0) is 15.5. The highest BCUT2D eigenvalue weighted by atomic mass is 35.5. The van der Waals surface area contributed by atoms with Crippen LogP contribution in [0.1, 0.15) is 48.9 Å². The SMILES string of the molecule is NC(=S)C1(NC(=O)c2ccc(Cl)c(Cl)c2)CCCCCC1. The van der Waals surface area contributed by atoms with Crippen LogP contribution in [0.25, 0.3) is 0 Å². The molecule has 1 aliphatic carbocycles. The predicted molar refractivity (Wildman–Crippen MR) is 91.1 cm³/mol. The lowest BCUT2D eigenvalue weighted by molar-refractivity contribution is 0.0917. The Bertz CT molecular complexity index is 555. The van der Waals surface area contributed by atoms with E-state index in [2.05, 4.69) is 5.32 Å². The molecule has 1 saturated carbocycles. The second-order valence-electron chi connectivity index (χ2n) is 5.44. The normalized spacial score (nSPS) is 17.8. The third kappa shape index (κ3) is 3.87. The van der Waals surface area contributed by atoms with Gasteiger partial charge in [0.05, 0.1) is 20.6 Å². The van der Waals surface area contributed by atoms with Crippen LogP contribution in [0.2, 0.25) is 10.0 Å². The quantitative estimate of drug-likeness (QED) is 0.640. The predicted octanol–water partition coefficient (Wildman–Crippen LogP) is 4.10. The van der Waals surface area contributed by atoms with Crippen molar-refractivity contribution in [2.75, 3.05) is 0 Å². The average molecular weight is 345 g/mol. The lowest BCUT2D eigenvalue weighted by Gasteiger charge is -2.33. The number of amides is 1. The van der Waals surface area contributed by atoms with Crippen LogP contribution in [0.15, 0.2) is 18.2 Å². The summed E-state index contributed by atoms with van der Waals surface area (Å²) in [5.74, 6) is -0.219. The molecule has 0 radical (unpaired) electrons. The first-order valence-electron chi connectivity index (χ1n) is 7.02. The molecule has 0 bridgehead atoms. The summed E-state index contributed by atoms with van der Waals surface area (Å²) in [6.07, 6.45) is 5.89. The van der Waals surface area contributed by atoms with Gasteiger partial charge in [0.2, 0.25) is 0 Å². The Morgan fingerprint density at radius 3 is 2.29 bits per heavy atom. The Hall–Kier alpha value is -0.840. The minimum Gasteiger partial charge on any atom is -0.391 e. The topological polar surface area (TPSA) is 55.1 Å². The molecule has 1 aromatic carbocycles. The fourth-order valence-electron chi connectivity index (χ4n) is 2.69. The van der Waals surface area contributed by atoms with E-state index in [0.717, 1.165) is 38.5 Å². The molecule has 1 aliphatic rings. The summed E-state index contributed by atoms with van der Waals surface area (Å²) in [6.45, 7) is 0. The molecule has 0 saturated heterocycles. The highest BCUT2D eigenvalue weighted by molar-refractivity contribution is 7.80. The number of benzene rings is 1. The van der Waals surface area contributed by atoms with Gasteiger partial charge in [0.1, 0.15) is 0 Å². The first-order chi connectivity index (χ1) is 9.94. The smallest absolute Gasteiger partial charge is 0.252 e. The summed E-state index contributed by atoms with van der Waals surface area (Å²) in [4.78, 5) is 12.8. The van der Waals surface area contributed by atoms with Gasteiger partial charge in [0.15, 0.2) is 0 Å². The molecule has 0 atom stereocenters. The van der Waals surface area contributed by atoms with Gasteiger partial charge in [-0.25, -0.2) is 0 Å². The second-order valence-corrected chi connectivity index (χ2v) is 6.70. The highest BCUT2D eigenvalue weighted by Crippen LogP contribution is 2.29. The number of hydrogen-bond donors (Lipinski definition) is 2. The van der Waals surface area contributed by atoms with Crippen LogP contribution in [0, 0.1) is 0 Å². The van der Waals surface area contributed by atoms with Gasteiger partial charge >= 0.3 is 0 Å². The molecule has 0 spiro atoms. The van der Waals surface area contributed by atoms with Crippen LogP contribution in [0.4, 0.5) is 0 Å². The maximum Gasteiger partial charge on any atom is 0.252 e. The molecule has 0 unspecified atom stereocenters. The van der Waals surface area contributed by atoms with Gasteiger partial charge in [-0.05, 0) is 31.0 Å². The van der Waals surface area contributed by atoms with Crippen molar-refractivity contribution in [3.63, 3.8) is 0 Å². The minimum atomic E-state index is -0.588. The minimum absolute atomic E-state index is 0.219. The molecule has 1 aromatic rings. The molecule has 0 aliphatic heterocycles. The highest BCUT2D eigenvalue weighted by Gasteiger charge is 2.35. The number of hydrogen-bond acceptors (Lipinski definition) is 2. The van der Waals surface area contributed by atoms with E-state index >= 15 is 0 Å². The standard InChI is InChI=1S/C15H18Cl2N2OS/c16-11-6-5-10(9-12(11)17)13(20)19-15(14(18)21)7-3-1-2-4-8-15/h5-6,9H,1-4,7-8H2,(H2,18,21)(H,19,20). The van der Waals surface area contributed by atoms with E-state index < -0.39 is 5.54 Å². The first kappa shape index (κ1) is 16.5. The molecule has 21 heavy (non-hydrogen) atoms. The molecule has 0 heterocycles. The van der Waals surface area contributed by atoms with Crippen LogP contribution in [-0.2, 0) is 0 Å². The van der Waals surface area contributed by atoms with Crippen molar-refractivity contribution in [1.29, 1.82) is 0 Å². The fraction of sp³-hybridized carbons (Fsp3) is 0.467. The van der Waals surface area contributed by atoms with Crippen LogP contribution in [-0.4, -0.2) is 16.4 Å². The van der Waals surface area contributed by atoms with Crippen molar-refractivity contribution in [3.8, 4) is 0 Å². The molecule has 3 nitrogen and oxygen atoms in total. The molecule has 3 N–H and O–H groups in total. The summed E-state index contributed by atoms with van der Waals surface area (Å²) < 4.78 is 0. The molecule has 6 heteroatoms. The largest absolute Gasteiger partial charge is 0.391 e. The fourth-order valence-corrected chi connectivity index (χ4v) is 3.25. The van der Waals surface area contributed by atoms with Crippen LogP contribution >= 0.6 is 35.4 Å². The van der Waals surface area contributed by atoms with Gasteiger partial charge in [0.25, 0.3) is 5.91 Å². The Morgan fingerprint density at radius 2 is 1.76 bits per heavy atom. The van der Waals surface area contributed by atoms with E-state index in [4.69, 9.17) is 41.2 Å². The summed E-state index contributed by atoms with van der Waals surface area (Å²) in [5.41, 5.74) is 5.80. The number of nitrogens with one attached hydrogen (secondary N) is 1. The van der Waals surface area contributed by atoms with Crippen molar-refractivity contribution >= 4 is 46.3 Å². The van der Waals surface area contributed by atoms with Crippen LogP contribution in [0.5, 0.6) is 0 Å². The van der Waals surface area contributed by atoms with Gasteiger partial charge in [-0.2, -0.15) is 0 Å². The Kier molecular flexibility index (Phi) is 5.47. The molecule has 1 fully saturated rings. The van der Waals surface area contributed by atoms with E-state index in [1.54, 1.807) is 18.2 Å². The molecule has 0 aromatic heterocycles. The van der Waals surface area contributed by atoms with E-state index in [9.17, 15) is 4.79 Å². The molecular formula is C15H18Cl2N2OS. The average Bonchev–Trinajstić information content (AvgIpc) is 2.68. The first-order valence-corrected chi connectivity index (χ1v) is 8.18. The zero-order valence-electron chi connectivity index (χ0n) is 11.6. The Labute approximate surface area is 140 Å². The van der Waals surface area contributed by atoms with Gasteiger partial charge in [0, 0.05) is 5.56 Å². The van der Waals surface area contributed by atoms with Gasteiger partial charge in [-0.3, -0.25) is 4.79 Å². The number of halogens is 2. The van der Waals surface area contributed by atoms with Crippen molar-refractivity contribution in [1.82, 2.24) is 5.32 Å². The number of nitrogens with two attached hydrogens (primary N) is 1. The van der Waals surface area contributed by atoms with Crippen molar-refractivity contribution in [2.45, 2.75) is 44.1 Å². The molecule has 114 valence electrons. The Balaban J connectivity index is 2.21. The summed E-state index contributed by atoms with van der Waals surface area (Å²) in [6, 6.07) is 4.82. The van der Waals surface area contributed by atoms with Gasteiger partial charge in [-0.1, -0.05) is 61.1 Å². The number of rotatable bonds is 3.